The number of benzene rings is 2. The lowest BCUT2D eigenvalue weighted by Crippen LogP contribution is -1.92. The predicted molar refractivity (Wildman–Crippen MR) is 90.5 cm³/mol. The average Bonchev–Trinajstić information content (AvgIpc) is 2.49. The number of alkyl halides is 1. The van der Waals surface area contributed by atoms with Crippen molar-refractivity contribution in [2.75, 3.05) is 0 Å². The molecule has 5 heteroatoms. The average molecular weight is 383 g/mol. The molecular formula is C16H10BrCl2NO. The molecule has 1 aromatic heterocycles. The van der Waals surface area contributed by atoms with Gasteiger partial charge in [-0.15, -0.1) is 11.6 Å². The van der Waals surface area contributed by atoms with E-state index in [-0.39, 0.29) is 0 Å². The normalized spacial score (nSPS) is 10.8. The summed E-state index contributed by atoms with van der Waals surface area (Å²) in [5.74, 6) is 1.75. The number of hydrogen-bond donors (Lipinski definition) is 0. The third-order valence-corrected chi connectivity index (χ3v) is 4.11. The van der Waals surface area contributed by atoms with Gasteiger partial charge in [0, 0.05) is 16.5 Å². The monoisotopic (exact) mass is 381 g/mol. The predicted octanol–water partition coefficient (Wildman–Crippen LogP) is 6.18. The molecule has 0 saturated carbocycles. The van der Waals surface area contributed by atoms with Gasteiger partial charge in [-0.25, -0.2) is 0 Å². The summed E-state index contributed by atoms with van der Waals surface area (Å²) in [6.45, 7) is 0. The molecule has 3 aromatic rings. The van der Waals surface area contributed by atoms with E-state index in [1.165, 1.54) is 0 Å². The van der Waals surface area contributed by atoms with Gasteiger partial charge in [-0.05, 0) is 46.3 Å². The largest absolute Gasteiger partial charge is 0.455 e. The van der Waals surface area contributed by atoms with Crippen molar-refractivity contribution in [2.24, 2.45) is 0 Å². The van der Waals surface area contributed by atoms with E-state index in [9.17, 15) is 0 Å². The Balaban J connectivity index is 2.10. The van der Waals surface area contributed by atoms with E-state index in [1.807, 2.05) is 36.4 Å². The maximum absolute atomic E-state index is 6.02. The van der Waals surface area contributed by atoms with Crippen LogP contribution in [0.2, 0.25) is 5.02 Å². The number of para-hydroxylation sites is 1. The summed E-state index contributed by atoms with van der Waals surface area (Å²) in [5, 5.41) is 1.59. The van der Waals surface area contributed by atoms with Crippen LogP contribution < -0.4 is 4.74 Å². The minimum Gasteiger partial charge on any atom is -0.455 e. The number of hydrogen-bond acceptors (Lipinski definition) is 2. The Kier molecular flexibility index (Phi) is 4.34. The summed E-state index contributed by atoms with van der Waals surface area (Å²) in [6, 6.07) is 15.1. The van der Waals surface area contributed by atoms with Crippen LogP contribution in [0.25, 0.3) is 10.9 Å². The van der Waals surface area contributed by atoms with Crippen molar-refractivity contribution in [3.8, 4) is 11.5 Å². The van der Waals surface area contributed by atoms with E-state index in [1.54, 1.807) is 12.1 Å². The molecule has 0 amide bonds. The van der Waals surface area contributed by atoms with E-state index >= 15 is 0 Å². The van der Waals surface area contributed by atoms with Crippen molar-refractivity contribution < 1.29 is 4.74 Å². The maximum Gasteiger partial charge on any atom is 0.141 e. The molecule has 1 heterocycles. The van der Waals surface area contributed by atoms with Gasteiger partial charge in [-0.3, -0.25) is 4.98 Å². The van der Waals surface area contributed by atoms with Gasteiger partial charge in [0.25, 0.3) is 0 Å². The Hall–Kier alpha value is -1.29. The highest BCUT2D eigenvalue weighted by Crippen LogP contribution is 2.35. The lowest BCUT2D eigenvalue weighted by molar-refractivity contribution is 0.484. The highest BCUT2D eigenvalue weighted by atomic mass is 79.9. The standard InChI is InChI=1S/C16H10BrCl2NO/c17-13-7-10(19)5-6-15(13)21-16-8-11(9-18)20-14-4-2-1-3-12(14)16/h1-8H,9H2. The van der Waals surface area contributed by atoms with E-state index in [2.05, 4.69) is 20.9 Å². The SMILES string of the molecule is ClCc1cc(Oc2ccc(Cl)cc2Br)c2ccccc2n1. The van der Waals surface area contributed by atoms with Gasteiger partial charge in [0.2, 0.25) is 0 Å². The number of halogens is 3. The van der Waals surface area contributed by atoms with Crippen LogP contribution in [0.1, 0.15) is 5.69 Å². The fraction of sp³-hybridized carbons (Fsp3) is 0.0625. The lowest BCUT2D eigenvalue weighted by atomic mass is 10.2. The number of fused-ring (bicyclic) bond motifs is 1. The second kappa shape index (κ2) is 6.22. The summed E-state index contributed by atoms with van der Waals surface area (Å²) in [6.07, 6.45) is 0. The van der Waals surface area contributed by atoms with Crippen LogP contribution >= 0.6 is 39.1 Å². The van der Waals surface area contributed by atoms with Crippen molar-refractivity contribution in [2.45, 2.75) is 5.88 Å². The van der Waals surface area contributed by atoms with Gasteiger partial charge in [0.15, 0.2) is 0 Å². The molecule has 0 aliphatic rings. The molecule has 0 radical (unpaired) electrons. The van der Waals surface area contributed by atoms with Gasteiger partial charge in [-0.2, -0.15) is 0 Å². The fourth-order valence-electron chi connectivity index (χ4n) is 2.02. The van der Waals surface area contributed by atoms with Crippen molar-refractivity contribution >= 4 is 50.0 Å². The van der Waals surface area contributed by atoms with Crippen molar-refractivity contribution in [3.05, 3.63) is 63.7 Å². The smallest absolute Gasteiger partial charge is 0.141 e. The minimum atomic E-state index is 0.336. The topological polar surface area (TPSA) is 22.1 Å². The Labute approximate surface area is 140 Å². The molecule has 0 spiro atoms. The van der Waals surface area contributed by atoms with Crippen LogP contribution in [-0.4, -0.2) is 4.98 Å². The van der Waals surface area contributed by atoms with Crippen LogP contribution in [0.3, 0.4) is 0 Å². The lowest BCUT2D eigenvalue weighted by Gasteiger charge is -2.11. The van der Waals surface area contributed by atoms with Crippen LogP contribution in [0.4, 0.5) is 0 Å². The van der Waals surface area contributed by atoms with E-state index in [4.69, 9.17) is 27.9 Å². The Morgan fingerprint density at radius 1 is 1.05 bits per heavy atom. The molecule has 0 saturated heterocycles. The first-order chi connectivity index (χ1) is 10.2. The molecule has 0 aliphatic heterocycles. The first-order valence-corrected chi connectivity index (χ1v) is 7.95. The molecule has 0 N–H and O–H groups in total. The summed E-state index contributed by atoms with van der Waals surface area (Å²) in [4.78, 5) is 4.49. The molecule has 2 aromatic carbocycles. The minimum absolute atomic E-state index is 0.336. The molecule has 106 valence electrons. The van der Waals surface area contributed by atoms with Gasteiger partial charge >= 0.3 is 0 Å². The number of aromatic nitrogens is 1. The summed E-state index contributed by atoms with van der Waals surface area (Å²) >= 11 is 15.3. The van der Waals surface area contributed by atoms with E-state index < -0.39 is 0 Å². The molecule has 21 heavy (non-hydrogen) atoms. The zero-order valence-corrected chi connectivity index (χ0v) is 13.9. The molecule has 0 atom stereocenters. The van der Waals surface area contributed by atoms with Gasteiger partial charge in [-0.1, -0.05) is 23.7 Å². The van der Waals surface area contributed by atoms with Gasteiger partial charge in [0.1, 0.15) is 11.5 Å². The molecular weight excluding hydrogens is 373 g/mol. The quantitative estimate of drug-likeness (QED) is 0.504. The molecule has 0 aliphatic carbocycles. The molecule has 3 rings (SSSR count). The number of ether oxygens (including phenoxy) is 1. The second-order valence-electron chi connectivity index (χ2n) is 4.44. The highest BCUT2D eigenvalue weighted by molar-refractivity contribution is 9.10. The van der Waals surface area contributed by atoms with E-state index in [0.29, 0.717) is 16.7 Å². The van der Waals surface area contributed by atoms with Crippen LogP contribution in [0.15, 0.2) is 53.0 Å². The summed E-state index contributed by atoms with van der Waals surface area (Å²) in [7, 11) is 0. The Bertz CT molecular complexity index is 807. The molecule has 2 nitrogen and oxygen atoms in total. The summed E-state index contributed by atoms with van der Waals surface area (Å²) in [5.41, 5.74) is 1.63. The Morgan fingerprint density at radius 2 is 1.86 bits per heavy atom. The van der Waals surface area contributed by atoms with Crippen LogP contribution in [0, 0.1) is 0 Å². The molecule has 0 fully saturated rings. The van der Waals surface area contributed by atoms with Crippen molar-refractivity contribution in [1.82, 2.24) is 4.98 Å². The first-order valence-electron chi connectivity index (χ1n) is 6.25. The van der Waals surface area contributed by atoms with E-state index in [0.717, 1.165) is 26.8 Å². The number of rotatable bonds is 3. The zero-order chi connectivity index (χ0) is 14.8. The van der Waals surface area contributed by atoms with Crippen LogP contribution in [0.5, 0.6) is 11.5 Å². The third-order valence-electron chi connectivity index (χ3n) is 2.98. The first kappa shape index (κ1) is 14.6. The Morgan fingerprint density at radius 3 is 2.62 bits per heavy atom. The molecule has 0 unspecified atom stereocenters. The maximum atomic E-state index is 6.02. The fourth-order valence-corrected chi connectivity index (χ4v) is 2.93. The van der Waals surface area contributed by atoms with Gasteiger partial charge < -0.3 is 4.74 Å². The van der Waals surface area contributed by atoms with Crippen LogP contribution in [-0.2, 0) is 5.88 Å². The second-order valence-corrected chi connectivity index (χ2v) is 6.00. The number of nitrogens with zero attached hydrogens (tertiary/aromatic N) is 1. The zero-order valence-electron chi connectivity index (χ0n) is 10.8. The van der Waals surface area contributed by atoms with Gasteiger partial charge in [0.05, 0.1) is 21.6 Å². The van der Waals surface area contributed by atoms with Crippen molar-refractivity contribution in [3.63, 3.8) is 0 Å². The number of pyridine rings is 1. The highest BCUT2D eigenvalue weighted by Gasteiger charge is 2.09. The van der Waals surface area contributed by atoms with Crippen molar-refractivity contribution in [1.29, 1.82) is 0 Å². The summed E-state index contributed by atoms with van der Waals surface area (Å²) < 4.78 is 6.81. The molecule has 0 bridgehead atoms. The third kappa shape index (κ3) is 3.15.